The van der Waals surface area contributed by atoms with Crippen LogP contribution in [0.1, 0.15) is 26.5 Å². The van der Waals surface area contributed by atoms with Crippen molar-refractivity contribution in [1.29, 1.82) is 0 Å². The number of nitrogens with one attached hydrogen (secondary N) is 1. The molecule has 0 amide bonds. The molecule has 0 spiro atoms. The fourth-order valence-electron chi connectivity index (χ4n) is 1.84. The van der Waals surface area contributed by atoms with E-state index < -0.39 is 0 Å². The third-order valence-electron chi connectivity index (χ3n) is 2.87. The van der Waals surface area contributed by atoms with Gasteiger partial charge in [-0.1, -0.05) is 32.4 Å². The molecule has 96 valence electrons. The quantitative estimate of drug-likeness (QED) is 0.829. The molecule has 2 aromatic rings. The SMILES string of the molecule is CNc1cc(C(C)(C)C)nc2c(F)cc(Cl)cc12. The van der Waals surface area contributed by atoms with E-state index in [2.05, 4.69) is 31.1 Å². The Hall–Kier alpha value is -1.35. The van der Waals surface area contributed by atoms with E-state index in [-0.39, 0.29) is 11.2 Å². The summed E-state index contributed by atoms with van der Waals surface area (Å²) in [5.41, 5.74) is 1.91. The van der Waals surface area contributed by atoms with Crippen molar-refractivity contribution in [2.24, 2.45) is 0 Å². The number of halogens is 2. The van der Waals surface area contributed by atoms with E-state index >= 15 is 0 Å². The highest BCUT2D eigenvalue weighted by molar-refractivity contribution is 6.31. The maximum absolute atomic E-state index is 14.0. The first-order valence-electron chi connectivity index (χ1n) is 5.81. The summed E-state index contributed by atoms with van der Waals surface area (Å²) in [6, 6.07) is 4.96. The fourth-order valence-corrected chi connectivity index (χ4v) is 2.05. The van der Waals surface area contributed by atoms with E-state index in [9.17, 15) is 4.39 Å². The first kappa shape index (κ1) is 13.1. The molecule has 0 bridgehead atoms. The molecule has 2 nitrogen and oxygen atoms in total. The monoisotopic (exact) mass is 266 g/mol. The van der Waals surface area contributed by atoms with Gasteiger partial charge in [-0.2, -0.15) is 0 Å². The standard InChI is InChI=1S/C14H16ClFN2/c1-14(2,3)12-7-11(17-4)9-5-8(15)6-10(16)13(9)18-12/h5-7H,1-4H3,(H,17,18). The average Bonchev–Trinajstić information content (AvgIpc) is 2.26. The molecule has 18 heavy (non-hydrogen) atoms. The van der Waals surface area contributed by atoms with E-state index in [0.29, 0.717) is 15.9 Å². The minimum Gasteiger partial charge on any atom is -0.388 e. The molecule has 0 unspecified atom stereocenters. The second kappa shape index (κ2) is 4.39. The van der Waals surface area contributed by atoms with Crippen molar-refractivity contribution >= 4 is 28.2 Å². The zero-order chi connectivity index (χ0) is 13.5. The predicted molar refractivity (Wildman–Crippen MR) is 75.0 cm³/mol. The number of pyridine rings is 1. The van der Waals surface area contributed by atoms with Crippen LogP contribution in [0.25, 0.3) is 10.9 Å². The third-order valence-corrected chi connectivity index (χ3v) is 3.09. The molecule has 1 N–H and O–H groups in total. The Labute approximate surface area is 111 Å². The van der Waals surface area contributed by atoms with Crippen molar-refractivity contribution in [3.8, 4) is 0 Å². The molecule has 1 aromatic carbocycles. The number of hydrogen-bond donors (Lipinski definition) is 1. The van der Waals surface area contributed by atoms with Gasteiger partial charge in [-0.25, -0.2) is 9.37 Å². The van der Waals surface area contributed by atoms with Crippen molar-refractivity contribution in [2.45, 2.75) is 26.2 Å². The highest BCUT2D eigenvalue weighted by Gasteiger charge is 2.19. The number of fused-ring (bicyclic) bond motifs is 1. The minimum absolute atomic E-state index is 0.133. The van der Waals surface area contributed by atoms with Crippen LogP contribution in [0, 0.1) is 5.82 Å². The van der Waals surface area contributed by atoms with E-state index in [1.807, 2.05) is 6.07 Å². The maximum atomic E-state index is 14.0. The Kier molecular flexibility index (Phi) is 3.20. The van der Waals surface area contributed by atoms with E-state index in [1.54, 1.807) is 13.1 Å². The molecule has 0 radical (unpaired) electrons. The summed E-state index contributed by atoms with van der Waals surface area (Å²) in [5, 5.41) is 4.15. The first-order chi connectivity index (χ1) is 8.32. The van der Waals surface area contributed by atoms with Gasteiger partial charge < -0.3 is 5.32 Å². The fraction of sp³-hybridized carbons (Fsp3) is 0.357. The molecule has 0 aliphatic carbocycles. The Balaban J connectivity index is 2.84. The largest absolute Gasteiger partial charge is 0.388 e. The minimum atomic E-state index is -0.389. The molecular weight excluding hydrogens is 251 g/mol. The molecule has 2 rings (SSSR count). The second-order valence-corrected chi connectivity index (χ2v) is 5.78. The molecule has 4 heteroatoms. The van der Waals surface area contributed by atoms with Crippen molar-refractivity contribution in [1.82, 2.24) is 4.98 Å². The number of benzene rings is 1. The number of rotatable bonds is 1. The molecule has 0 saturated heterocycles. The molecular formula is C14H16ClFN2. The summed E-state index contributed by atoms with van der Waals surface area (Å²) in [6.07, 6.45) is 0. The molecule has 0 saturated carbocycles. The van der Waals surface area contributed by atoms with Gasteiger partial charge in [0.25, 0.3) is 0 Å². The van der Waals surface area contributed by atoms with Crippen molar-refractivity contribution in [3.05, 3.63) is 34.7 Å². The molecule has 0 fully saturated rings. The van der Waals surface area contributed by atoms with Gasteiger partial charge in [-0.15, -0.1) is 0 Å². The summed E-state index contributed by atoms with van der Waals surface area (Å²) >= 11 is 5.89. The summed E-state index contributed by atoms with van der Waals surface area (Å²) in [4.78, 5) is 4.42. The molecule has 1 heterocycles. The van der Waals surface area contributed by atoms with Crippen LogP contribution in [0.3, 0.4) is 0 Å². The van der Waals surface area contributed by atoms with Gasteiger partial charge >= 0.3 is 0 Å². The normalized spacial score (nSPS) is 11.9. The van der Waals surface area contributed by atoms with Gasteiger partial charge in [0.2, 0.25) is 0 Å². The van der Waals surface area contributed by atoms with E-state index in [4.69, 9.17) is 11.6 Å². The summed E-state index contributed by atoms with van der Waals surface area (Å²) in [7, 11) is 1.81. The average molecular weight is 267 g/mol. The zero-order valence-electron chi connectivity index (χ0n) is 10.9. The van der Waals surface area contributed by atoms with Crippen LogP contribution in [0.15, 0.2) is 18.2 Å². The van der Waals surface area contributed by atoms with Gasteiger partial charge in [-0.3, -0.25) is 0 Å². The van der Waals surface area contributed by atoms with Crippen LogP contribution in [0.4, 0.5) is 10.1 Å². The lowest BCUT2D eigenvalue weighted by molar-refractivity contribution is 0.569. The smallest absolute Gasteiger partial charge is 0.150 e. The Bertz CT molecular complexity index is 603. The van der Waals surface area contributed by atoms with Crippen LogP contribution in [-0.2, 0) is 5.41 Å². The van der Waals surface area contributed by atoms with Crippen LogP contribution >= 0.6 is 11.6 Å². The Morgan fingerprint density at radius 2 is 1.89 bits per heavy atom. The third kappa shape index (κ3) is 2.27. The molecule has 1 aromatic heterocycles. The van der Waals surface area contributed by atoms with Crippen molar-refractivity contribution in [3.63, 3.8) is 0 Å². The van der Waals surface area contributed by atoms with Gasteiger partial charge in [0.05, 0.1) is 0 Å². The van der Waals surface area contributed by atoms with Crippen LogP contribution in [0.2, 0.25) is 5.02 Å². The second-order valence-electron chi connectivity index (χ2n) is 5.34. The highest BCUT2D eigenvalue weighted by atomic mass is 35.5. The van der Waals surface area contributed by atoms with Gasteiger partial charge in [0, 0.05) is 34.3 Å². The highest BCUT2D eigenvalue weighted by Crippen LogP contribution is 2.32. The summed E-state index contributed by atoms with van der Waals surface area (Å²) in [5.74, 6) is -0.389. The number of nitrogens with zero attached hydrogens (tertiary/aromatic N) is 1. The molecule has 0 aliphatic rings. The number of hydrogen-bond acceptors (Lipinski definition) is 2. The Morgan fingerprint density at radius 3 is 2.44 bits per heavy atom. The van der Waals surface area contributed by atoms with E-state index in [1.165, 1.54) is 6.07 Å². The number of aromatic nitrogens is 1. The molecule has 0 atom stereocenters. The van der Waals surface area contributed by atoms with Crippen LogP contribution < -0.4 is 5.32 Å². The Morgan fingerprint density at radius 1 is 1.22 bits per heavy atom. The lowest BCUT2D eigenvalue weighted by atomic mass is 9.90. The number of anilines is 1. The van der Waals surface area contributed by atoms with Crippen LogP contribution in [-0.4, -0.2) is 12.0 Å². The molecule has 0 aliphatic heterocycles. The summed E-state index contributed by atoms with van der Waals surface area (Å²) in [6.45, 7) is 6.15. The zero-order valence-corrected chi connectivity index (χ0v) is 11.7. The topological polar surface area (TPSA) is 24.9 Å². The van der Waals surface area contributed by atoms with Gasteiger partial charge in [0.15, 0.2) is 5.82 Å². The van der Waals surface area contributed by atoms with Crippen LogP contribution in [0.5, 0.6) is 0 Å². The lowest BCUT2D eigenvalue weighted by Gasteiger charge is -2.20. The van der Waals surface area contributed by atoms with E-state index in [0.717, 1.165) is 11.4 Å². The predicted octanol–water partition coefficient (Wildman–Crippen LogP) is 4.37. The lowest BCUT2D eigenvalue weighted by Crippen LogP contribution is -2.14. The van der Waals surface area contributed by atoms with Gasteiger partial charge in [0.1, 0.15) is 5.52 Å². The maximum Gasteiger partial charge on any atom is 0.150 e. The summed E-state index contributed by atoms with van der Waals surface area (Å²) < 4.78 is 14.0. The van der Waals surface area contributed by atoms with Crippen molar-refractivity contribution in [2.75, 3.05) is 12.4 Å². The van der Waals surface area contributed by atoms with Crippen molar-refractivity contribution < 1.29 is 4.39 Å². The van der Waals surface area contributed by atoms with Gasteiger partial charge in [-0.05, 0) is 18.2 Å². The first-order valence-corrected chi connectivity index (χ1v) is 6.19.